The molecule has 3 aromatic rings. The van der Waals surface area contributed by atoms with E-state index < -0.39 is 86.1 Å². The first kappa shape index (κ1) is 29.9. The number of rotatable bonds is 4. The summed E-state index contributed by atoms with van der Waals surface area (Å²) in [6, 6.07) is 2.48. The van der Waals surface area contributed by atoms with Gasteiger partial charge in [0.25, 0.3) is 11.8 Å². The summed E-state index contributed by atoms with van der Waals surface area (Å²) in [5.41, 5.74) is -3.19. The molecule has 2 aromatic carbocycles. The van der Waals surface area contributed by atoms with Crippen molar-refractivity contribution in [1.29, 1.82) is 0 Å². The number of carbonyl (C=O) groups excluding carboxylic acids is 2. The van der Waals surface area contributed by atoms with Gasteiger partial charge in [-0.1, -0.05) is 12.1 Å². The van der Waals surface area contributed by atoms with Gasteiger partial charge in [0.15, 0.2) is 44.5 Å². The third-order valence-electron chi connectivity index (χ3n) is 8.30. The summed E-state index contributed by atoms with van der Waals surface area (Å²) in [5.74, 6) is -17.5. The highest BCUT2D eigenvalue weighted by Crippen LogP contribution is 2.64. The van der Waals surface area contributed by atoms with E-state index in [-0.39, 0.29) is 40.7 Å². The first-order valence-electron chi connectivity index (χ1n) is 13.0. The minimum Gasteiger partial charge on any atom is -0.504 e. The van der Waals surface area contributed by atoms with Crippen LogP contribution < -0.4 is 21.0 Å². The Morgan fingerprint density at radius 3 is 2.18 bits per heavy atom. The van der Waals surface area contributed by atoms with Gasteiger partial charge in [-0.3, -0.25) is 9.59 Å². The van der Waals surface area contributed by atoms with E-state index in [1.807, 2.05) is 0 Å². The van der Waals surface area contributed by atoms with Crippen LogP contribution in [0.1, 0.15) is 30.9 Å². The Labute approximate surface area is 253 Å². The molecular formula is C27H19Cl2F5N4O6. The molecule has 0 bridgehead atoms. The van der Waals surface area contributed by atoms with E-state index in [0.717, 1.165) is 13.9 Å². The predicted octanol–water partition coefficient (Wildman–Crippen LogP) is 3.35. The van der Waals surface area contributed by atoms with E-state index in [4.69, 9.17) is 27.9 Å². The van der Waals surface area contributed by atoms with Crippen LogP contribution in [-0.2, 0) is 23.2 Å². The summed E-state index contributed by atoms with van der Waals surface area (Å²) in [6.45, 7) is 1.48. The van der Waals surface area contributed by atoms with Gasteiger partial charge in [0.05, 0.1) is 19.2 Å². The highest BCUT2D eigenvalue weighted by molar-refractivity contribution is 6.58. The van der Waals surface area contributed by atoms with Crippen molar-refractivity contribution in [2.24, 2.45) is 7.05 Å². The monoisotopic (exact) mass is 660 g/mol. The summed E-state index contributed by atoms with van der Waals surface area (Å²) in [7, 11) is 1.20. The van der Waals surface area contributed by atoms with Crippen LogP contribution in [0.3, 0.4) is 0 Å². The Bertz CT molecular complexity index is 1950. The molecule has 232 valence electrons. The van der Waals surface area contributed by atoms with Gasteiger partial charge in [-0.15, -0.1) is 23.2 Å². The van der Waals surface area contributed by atoms with Gasteiger partial charge in [0.1, 0.15) is 5.69 Å². The number of alkyl halides is 2. The number of ether oxygens (including phenoxy) is 1. The molecular weight excluding hydrogens is 642 g/mol. The standard InChI is InChI=1S/C27H19Cl2F5N4O6/c1-3-44-14-8-10(4-5-13(14)39)15-11-6-7-36-24(42)35(2)25(43)38(36)12(11)9-26(28)22(40)37(23(41)27(15,26)29)21-19(33)17(31)16(30)18(32)20(21)34/h4-6,8,12,15,39H,3,7,9H2,1-2H3. The fourth-order valence-corrected chi connectivity index (χ4v) is 7.21. The van der Waals surface area contributed by atoms with Crippen molar-refractivity contribution in [1.82, 2.24) is 13.9 Å². The van der Waals surface area contributed by atoms with Crippen LogP contribution in [-0.4, -0.2) is 47.2 Å². The van der Waals surface area contributed by atoms with Crippen molar-refractivity contribution >= 4 is 40.7 Å². The van der Waals surface area contributed by atoms with Gasteiger partial charge in [-0.05, 0) is 30.2 Å². The first-order valence-corrected chi connectivity index (χ1v) is 13.7. The van der Waals surface area contributed by atoms with Crippen LogP contribution in [0.15, 0.2) is 39.4 Å². The van der Waals surface area contributed by atoms with Crippen LogP contribution in [0.4, 0.5) is 27.6 Å². The molecule has 1 saturated carbocycles. The van der Waals surface area contributed by atoms with Crippen molar-refractivity contribution in [2.75, 3.05) is 11.5 Å². The van der Waals surface area contributed by atoms with Crippen LogP contribution in [0, 0.1) is 29.1 Å². The number of imide groups is 1. The van der Waals surface area contributed by atoms with Crippen molar-refractivity contribution in [2.45, 2.75) is 41.6 Å². The largest absolute Gasteiger partial charge is 0.504 e. The number of carbonyl (C=O) groups is 2. The maximum atomic E-state index is 15.0. The number of aromatic hydroxyl groups is 1. The van der Waals surface area contributed by atoms with Gasteiger partial charge >= 0.3 is 11.4 Å². The highest BCUT2D eigenvalue weighted by atomic mass is 35.5. The van der Waals surface area contributed by atoms with E-state index >= 15 is 8.78 Å². The fourth-order valence-electron chi connectivity index (χ4n) is 6.29. The number of benzene rings is 2. The molecule has 4 atom stereocenters. The lowest BCUT2D eigenvalue weighted by molar-refractivity contribution is -0.122. The number of hydrogen-bond acceptors (Lipinski definition) is 6. The Balaban J connectivity index is 1.66. The number of anilines is 1. The Kier molecular flexibility index (Phi) is 6.60. The molecule has 2 amide bonds. The molecule has 2 aliphatic heterocycles. The molecule has 4 unspecified atom stereocenters. The number of hydrogen-bond donors (Lipinski definition) is 1. The summed E-state index contributed by atoms with van der Waals surface area (Å²) >= 11 is 14.0. The van der Waals surface area contributed by atoms with Gasteiger partial charge in [0.2, 0.25) is 5.82 Å². The molecule has 0 radical (unpaired) electrons. The third kappa shape index (κ3) is 3.53. The van der Waals surface area contributed by atoms with Crippen molar-refractivity contribution < 1.29 is 41.4 Å². The minimum atomic E-state index is -2.70. The second-order valence-corrected chi connectivity index (χ2v) is 11.7. The molecule has 6 rings (SSSR count). The SMILES string of the molecule is CCOc1cc(C2C3=CCn4c(=O)n(C)c(=O)n4C3CC3(Cl)C(=O)N(c4c(F)c(F)c(F)c(F)c4F)C(=O)C23Cl)ccc1O. The van der Waals surface area contributed by atoms with Gasteiger partial charge in [-0.2, -0.15) is 0 Å². The zero-order chi connectivity index (χ0) is 32.2. The lowest BCUT2D eigenvalue weighted by Gasteiger charge is -2.49. The predicted molar refractivity (Wildman–Crippen MR) is 144 cm³/mol. The molecule has 1 N–H and O–H groups in total. The molecule has 17 heteroatoms. The van der Waals surface area contributed by atoms with Gasteiger partial charge in [-0.25, -0.2) is 50.4 Å². The van der Waals surface area contributed by atoms with Crippen molar-refractivity contribution in [3.05, 3.63) is 85.5 Å². The van der Waals surface area contributed by atoms with E-state index in [9.17, 15) is 37.5 Å². The summed E-state index contributed by atoms with van der Waals surface area (Å²) in [6.07, 6.45) is 0.749. The van der Waals surface area contributed by atoms with Crippen molar-refractivity contribution in [3.8, 4) is 11.5 Å². The van der Waals surface area contributed by atoms with E-state index in [0.29, 0.717) is 0 Å². The average molecular weight is 661 g/mol. The Morgan fingerprint density at radius 1 is 0.955 bits per heavy atom. The second-order valence-electron chi connectivity index (χ2n) is 10.4. The van der Waals surface area contributed by atoms with E-state index in [2.05, 4.69) is 0 Å². The fraction of sp³-hybridized carbons (Fsp3) is 0.333. The number of halogens is 7. The quantitative estimate of drug-likeness (QED) is 0.115. The Hall–Kier alpha value is -4.11. The minimum absolute atomic E-state index is 0.0717. The molecule has 10 nitrogen and oxygen atoms in total. The maximum Gasteiger partial charge on any atom is 0.347 e. The maximum absolute atomic E-state index is 15.0. The summed E-state index contributed by atoms with van der Waals surface area (Å²) in [5, 5.41) is 10.3. The molecule has 3 aliphatic rings. The zero-order valence-electron chi connectivity index (χ0n) is 22.5. The van der Waals surface area contributed by atoms with Crippen LogP contribution in [0.2, 0.25) is 0 Å². The lowest BCUT2D eigenvalue weighted by atomic mass is 9.64. The van der Waals surface area contributed by atoms with Crippen molar-refractivity contribution in [3.63, 3.8) is 0 Å². The van der Waals surface area contributed by atoms with E-state index in [1.165, 1.54) is 31.3 Å². The molecule has 44 heavy (non-hydrogen) atoms. The molecule has 1 aliphatic carbocycles. The lowest BCUT2D eigenvalue weighted by Crippen LogP contribution is -2.59. The number of nitrogens with zero attached hydrogens (tertiary/aromatic N) is 4. The highest BCUT2D eigenvalue weighted by Gasteiger charge is 2.76. The summed E-state index contributed by atoms with van der Waals surface area (Å²) in [4.78, 5) is 48.5. The molecule has 2 fully saturated rings. The zero-order valence-corrected chi connectivity index (χ0v) is 24.0. The van der Waals surface area contributed by atoms with Gasteiger partial charge in [0, 0.05) is 19.4 Å². The van der Waals surface area contributed by atoms with Crippen LogP contribution >= 0.6 is 23.2 Å². The third-order valence-corrected chi connectivity index (χ3v) is 9.71. The van der Waals surface area contributed by atoms with Gasteiger partial charge < -0.3 is 9.84 Å². The molecule has 1 saturated heterocycles. The smallest absolute Gasteiger partial charge is 0.347 e. The molecule has 0 spiro atoms. The van der Waals surface area contributed by atoms with Crippen LogP contribution in [0.25, 0.3) is 0 Å². The molecule has 3 heterocycles. The number of allylic oxidation sites excluding steroid dienone is 2. The average Bonchev–Trinajstić information content (AvgIpc) is 3.30. The summed E-state index contributed by atoms with van der Waals surface area (Å²) < 4.78 is 80.7. The number of phenolic OH excluding ortho intramolecular Hbond substituents is 1. The second kappa shape index (κ2) is 9.69. The normalized spacial score (nSPS) is 25.9. The number of amides is 2. The first-order chi connectivity index (χ1) is 20.6. The van der Waals surface area contributed by atoms with Crippen LogP contribution in [0.5, 0.6) is 11.5 Å². The van der Waals surface area contributed by atoms with E-state index in [1.54, 1.807) is 6.92 Å². The number of aromatic nitrogens is 3. The molecule has 1 aromatic heterocycles. The number of phenols is 1. The Morgan fingerprint density at radius 2 is 1.57 bits per heavy atom. The topological polar surface area (TPSA) is 116 Å². The number of fused-ring (bicyclic) bond motifs is 4.